The summed E-state index contributed by atoms with van der Waals surface area (Å²) < 4.78 is 11.0. The van der Waals surface area contributed by atoms with Crippen LogP contribution < -0.4 is 15.8 Å². The molecule has 0 aliphatic rings. The lowest BCUT2D eigenvalue weighted by Crippen LogP contribution is -2.37. The fourth-order valence-electron chi connectivity index (χ4n) is 2.01. The van der Waals surface area contributed by atoms with Crippen molar-refractivity contribution < 1.29 is 29.0 Å². The molecule has 1 aromatic rings. The number of nitrogens with one attached hydrogen (secondary N) is 1. The molecular weight excluding hydrogens is 340 g/mol. The molecule has 0 heterocycles. The molecule has 2 amide bonds. The van der Waals surface area contributed by atoms with E-state index in [4.69, 9.17) is 20.3 Å². The molecule has 0 bridgehead atoms. The molecule has 0 saturated heterocycles. The highest BCUT2D eigenvalue weighted by atomic mass is 16.5. The summed E-state index contributed by atoms with van der Waals surface area (Å²) in [6, 6.07) is 6.15. The number of aldehydes is 1. The summed E-state index contributed by atoms with van der Waals surface area (Å²) >= 11 is 0. The Labute approximate surface area is 152 Å². The van der Waals surface area contributed by atoms with Crippen LogP contribution in [0.5, 0.6) is 5.75 Å². The number of rotatable bonds is 12. The molecule has 4 N–H and O–H groups in total. The Morgan fingerprint density at radius 3 is 2.69 bits per heavy atom. The first kappa shape index (κ1) is 21.3. The molecule has 8 heteroatoms. The van der Waals surface area contributed by atoms with E-state index in [1.807, 2.05) is 0 Å². The molecule has 142 valence electrons. The number of hydrogen-bond acceptors (Lipinski definition) is 6. The number of aliphatic hydroxyl groups is 1. The third kappa shape index (κ3) is 8.41. The highest BCUT2D eigenvalue weighted by Crippen LogP contribution is 2.19. The lowest BCUT2D eigenvalue weighted by molar-refractivity contribution is -0.121. The zero-order chi connectivity index (χ0) is 19.4. The van der Waals surface area contributed by atoms with Crippen molar-refractivity contribution in [3.05, 3.63) is 35.9 Å². The number of nitrogens with two attached hydrogens (primary N) is 1. The normalized spacial score (nSPS) is 13.2. The van der Waals surface area contributed by atoms with Gasteiger partial charge in [-0.05, 0) is 19.1 Å². The first-order valence-electron chi connectivity index (χ1n) is 8.12. The Kier molecular flexibility index (Phi) is 9.66. The number of ether oxygens (including phenoxy) is 2. The largest absolute Gasteiger partial charge is 0.491 e. The van der Waals surface area contributed by atoms with Crippen LogP contribution in [-0.4, -0.2) is 55.2 Å². The van der Waals surface area contributed by atoms with Crippen molar-refractivity contribution in [1.82, 2.24) is 5.32 Å². The quantitative estimate of drug-likeness (QED) is 0.273. The summed E-state index contributed by atoms with van der Waals surface area (Å²) in [6.07, 6.45) is 3.11. The van der Waals surface area contributed by atoms with E-state index in [0.29, 0.717) is 17.6 Å². The summed E-state index contributed by atoms with van der Waals surface area (Å²) in [5.41, 5.74) is 5.76. The van der Waals surface area contributed by atoms with Crippen LogP contribution in [0.4, 0.5) is 0 Å². The van der Waals surface area contributed by atoms with Gasteiger partial charge < -0.3 is 30.4 Å². The average Bonchev–Trinajstić information content (AvgIpc) is 2.61. The van der Waals surface area contributed by atoms with E-state index in [-0.39, 0.29) is 25.7 Å². The van der Waals surface area contributed by atoms with E-state index in [9.17, 15) is 14.4 Å². The molecule has 2 unspecified atom stereocenters. The third-order valence-electron chi connectivity index (χ3n) is 3.25. The number of hydrogen-bond donors (Lipinski definition) is 3. The summed E-state index contributed by atoms with van der Waals surface area (Å²) in [4.78, 5) is 33.1. The maximum absolute atomic E-state index is 11.7. The van der Waals surface area contributed by atoms with Gasteiger partial charge in [-0.1, -0.05) is 18.2 Å². The molecule has 1 rings (SSSR count). The summed E-state index contributed by atoms with van der Waals surface area (Å²) in [6.45, 7) is 1.83. The molecule has 26 heavy (non-hydrogen) atoms. The fourth-order valence-corrected chi connectivity index (χ4v) is 2.01. The molecule has 0 aliphatic carbocycles. The van der Waals surface area contributed by atoms with Gasteiger partial charge in [0.2, 0.25) is 11.8 Å². The minimum absolute atomic E-state index is 0.143. The van der Waals surface area contributed by atoms with Gasteiger partial charge in [0.05, 0.1) is 25.7 Å². The minimum atomic E-state index is -0.932. The first-order chi connectivity index (χ1) is 12.5. The lowest BCUT2D eigenvalue weighted by Gasteiger charge is -2.13. The van der Waals surface area contributed by atoms with Crippen LogP contribution in [0.1, 0.15) is 18.9 Å². The van der Waals surface area contributed by atoms with Gasteiger partial charge in [-0.2, -0.15) is 0 Å². The van der Waals surface area contributed by atoms with Crippen molar-refractivity contribution in [2.45, 2.75) is 25.5 Å². The van der Waals surface area contributed by atoms with Gasteiger partial charge in [-0.3, -0.25) is 9.59 Å². The Bertz CT molecular complexity index is 632. The van der Waals surface area contributed by atoms with Crippen LogP contribution in [-0.2, 0) is 19.1 Å². The molecule has 0 aliphatic heterocycles. The highest BCUT2D eigenvalue weighted by molar-refractivity contribution is 5.93. The molecule has 0 aromatic heterocycles. The SMILES string of the molecule is CC(CC(N)=O)OCCOc1ccccc1/C=C/C(=O)NC(C=O)CO. The summed E-state index contributed by atoms with van der Waals surface area (Å²) in [5.74, 6) is -0.378. The van der Waals surface area contributed by atoms with Gasteiger partial charge in [0, 0.05) is 11.6 Å². The van der Waals surface area contributed by atoms with Gasteiger partial charge in [-0.15, -0.1) is 0 Å². The Balaban J connectivity index is 2.54. The zero-order valence-corrected chi connectivity index (χ0v) is 14.6. The molecule has 1 aromatic carbocycles. The second kappa shape index (κ2) is 11.8. The number of carbonyl (C=O) groups excluding carboxylic acids is 3. The fraction of sp³-hybridized carbons (Fsp3) is 0.389. The van der Waals surface area contributed by atoms with Gasteiger partial charge in [-0.25, -0.2) is 0 Å². The Hall–Kier alpha value is -2.71. The second-order valence-corrected chi connectivity index (χ2v) is 5.51. The van der Waals surface area contributed by atoms with Crippen molar-refractivity contribution >= 4 is 24.2 Å². The van der Waals surface area contributed by atoms with Crippen molar-refractivity contribution in [1.29, 1.82) is 0 Å². The number of carbonyl (C=O) groups is 3. The molecular formula is C18H24N2O6. The van der Waals surface area contributed by atoms with Crippen LogP contribution >= 0.6 is 0 Å². The van der Waals surface area contributed by atoms with E-state index in [1.165, 1.54) is 6.08 Å². The molecule has 0 fully saturated rings. The maximum Gasteiger partial charge on any atom is 0.244 e. The van der Waals surface area contributed by atoms with E-state index >= 15 is 0 Å². The van der Waals surface area contributed by atoms with Gasteiger partial charge in [0.15, 0.2) is 0 Å². The number of para-hydroxylation sites is 1. The monoisotopic (exact) mass is 364 g/mol. The highest BCUT2D eigenvalue weighted by Gasteiger charge is 2.08. The van der Waals surface area contributed by atoms with Crippen molar-refractivity contribution in [3.8, 4) is 5.75 Å². The first-order valence-corrected chi connectivity index (χ1v) is 8.12. The molecule has 8 nitrogen and oxygen atoms in total. The summed E-state index contributed by atoms with van der Waals surface area (Å²) in [7, 11) is 0. The van der Waals surface area contributed by atoms with Crippen LogP contribution in [0.15, 0.2) is 30.3 Å². The smallest absolute Gasteiger partial charge is 0.244 e. The number of aliphatic hydroxyl groups excluding tert-OH is 1. The summed E-state index contributed by atoms with van der Waals surface area (Å²) in [5, 5.41) is 11.2. The number of primary amides is 1. The molecule has 0 radical (unpaired) electrons. The van der Waals surface area contributed by atoms with E-state index < -0.39 is 24.5 Å². The minimum Gasteiger partial charge on any atom is -0.491 e. The van der Waals surface area contributed by atoms with Crippen molar-refractivity contribution in [3.63, 3.8) is 0 Å². The van der Waals surface area contributed by atoms with Crippen molar-refractivity contribution in [2.24, 2.45) is 5.73 Å². The average molecular weight is 364 g/mol. The molecule has 2 atom stereocenters. The lowest BCUT2D eigenvalue weighted by atomic mass is 10.2. The van der Waals surface area contributed by atoms with Gasteiger partial charge in [0.1, 0.15) is 24.7 Å². The van der Waals surface area contributed by atoms with Crippen LogP contribution in [0.3, 0.4) is 0 Å². The predicted octanol–water partition coefficient (Wildman–Crippen LogP) is 0.0351. The third-order valence-corrected chi connectivity index (χ3v) is 3.25. The number of benzene rings is 1. The topological polar surface area (TPSA) is 128 Å². The Morgan fingerprint density at radius 2 is 2.04 bits per heavy atom. The van der Waals surface area contributed by atoms with Gasteiger partial charge >= 0.3 is 0 Å². The van der Waals surface area contributed by atoms with Crippen molar-refractivity contribution in [2.75, 3.05) is 19.8 Å². The van der Waals surface area contributed by atoms with Crippen LogP contribution in [0.2, 0.25) is 0 Å². The van der Waals surface area contributed by atoms with Gasteiger partial charge in [0.25, 0.3) is 0 Å². The Morgan fingerprint density at radius 1 is 1.31 bits per heavy atom. The number of amides is 2. The second-order valence-electron chi connectivity index (χ2n) is 5.51. The van der Waals surface area contributed by atoms with Crippen LogP contribution in [0, 0.1) is 0 Å². The zero-order valence-electron chi connectivity index (χ0n) is 14.6. The van der Waals surface area contributed by atoms with Crippen LogP contribution in [0.25, 0.3) is 6.08 Å². The maximum atomic E-state index is 11.7. The standard InChI is InChI=1S/C18H24N2O6/c1-13(10-17(19)23)25-8-9-26-16-5-3-2-4-14(16)6-7-18(24)20-15(11-21)12-22/h2-7,11,13,15,22H,8-10,12H2,1H3,(H2,19,23)(H,20,24)/b7-6+. The molecule has 0 spiro atoms. The van der Waals surface area contributed by atoms with E-state index in [0.717, 1.165) is 0 Å². The predicted molar refractivity (Wildman–Crippen MR) is 95.3 cm³/mol. The van der Waals surface area contributed by atoms with E-state index in [1.54, 1.807) is 37.3 Å². The van der Waals surface area contributed by atoms with E-state index in [2.05, 4.69) is 5.32 Å². The molecule has 0 saturated carbocycles.